The van der Waals surface area contributed by atoms with E-state index in [2.05, 4.69) is 49.5 Å². The van der Waals surface area contributed by atoms with Crippen LogP contribution in [0.3, 0.4) is 0 Å². The molecule has 1 N–H and O–H groups in total. The summed E-state index contributed by atoms with van der Waals surface area (Å²) in [6.45, 7) is 5.05. The molecule has 112 valence electrons. The quantitative estimate of drug-likeness (QED) is 0.874. The molecule has 2 aromatic rings. The number of nitrogens with one attached hydrogen (secondary N) is 1. The molecule has 1 atom stereocenters. The third-order valence-corrected chi connectivity index (χ3v) is 3.74. The summed E-state index contributed by atoms with van der Waals surface area (Å²) < 4.78 is 10.8. The summed E-state index contributed by atoms with van der Waals surface area (Å²) in [6, 6.07) is 14.7. The molecular formula is C18H23NO2. The molecule has 0 aliphatic carbocycles. The predicted octanol–water partition coefficient (Wildman–Crippen LogP) is 3.86. The molecule has 3 nitrogen and oxygen atoms in total. The lowest BCUT2D eigenvalue weighted by atomic mass is 10.0. The number of aryl methyl sites for hydroxylation is 1. The van der Waals surface area contributed by atoms with Gasteiger partial charge in [-0.2, -0.15) is 0 Å². The maximum atomic E-state index is 5.46. The van der Waals surface area contributed by atoms with Crippen molar-refractivity contribution in [3.63, 3.8) is 0 Å². The average Bonchev–Trinajstić information content (AvgIpc) is 2.52. The highest BCUT2D eigenvalue weighted by molar-refractivity contribution is 5.46. The molecule has 0 amide bonds. The van der Waals surface area contributed by atoms with Crippen molar-refractivity contribution in [2.45, 2.75) is 26.4 Å². The molecule has 0 heterocycles. The summed E-state index contributed by atoms with van der Waals surface area (Å²) >= 11 is 0. The van der Waals surface area contributed by atoms with E-state index in [4.69, 9.17) is 9.47 Å². The molecule has 1 unspecified atom stereocenters. The van der Waals surface area contributed by atoms with E-state index in [-0.39, 0.29) is 6.04 Å². The van der Waals surface area contributed by atoms with Gasteiger partial charge in [0.2, 0.25) is 0 Å². The lowest BCUT2D eigenvalue weighted by molar-refractivity contribution is 0.350. The summed E-state index contributed by atoms with van der Waals surface area (Å²) in [7, 11) is 3.33. The first-order valence-electron chi connectivity index (χ1n) is 7.16. The lowest BCUT2D eigenvalue weighted by Gasteiger charge is -2.18. The maximum Gasteiger partial charge on any atom is 0.165 e. The molecule has 0 aliphatic rings. The molecule has 2 aromatic carbocycles. The highest BCUT2D eigenvalue weighted by atomic mass is 16.5. The SMILES string of the molecule is COc1cccc(CNC(C)c2ccccc2C)c1OC. The third-order valence-electron chi connectivity index (χ3n) is 3.74. The van der Waals surface area contributed by atoms with E-state index in [1.807, 2.05) is 12.1 Å². The first kappa shape index (κ1) is 15.4. The zero-order valence-electron chi connectivity index (χ0n) is 13.1. The Morgan fingerprint density at radius 2 is 1.76 bits per heavy atom. The van der Waals surface area contributed by atoms with Crippen LogP contribution in [-0.4, -0.2) is 14.2 Å². The van der Waals surface area contributed by atoms with Crippen molar-refractivity contribution in [2.24, 2.45) is 0 Å². The Bertz CT molecular complexity index is 596. The number of ether oxygens (including phenoxy) is 2. The van der Waals surface area contributed by atoms with Gasteiger partial charge < -0.3 is 14.8 Å². The first-order valence-corrected chi connectivity index (χ1v) is 7.16. The Kier molecular flexibility index (Phi) is 5.23. The van der Waals surface area contributed by atoms with Crippen molar-refractivity contribution >= 4 is 0 Å². The standard InChI is InChI=1S/C18H23NO2/c1-13-8-5-6-10-16(13)14(2)19-12-15-9-7-11-17(20-3)18(15)21-4/h5-11,14,19H,12H2,1-4H3. The molecule has 0 saturated carbocycles. The van der Waals surface area contributed by atoms with Gasteiger partial charge in [0.25, 0.3) is 0 Å². The molecule has 0 spiro atoms. The summed E-state index contributed by atoms with van der Waals surface area (Å²) in [4.78, 5) is 0. The van der Waals surface area contributed by atoms with Gasteiger partial charge in [-0.15, -0.1) is 0 Å². The number of para-hydroxylation sites is 1. The van der Waals surface area contributed by atoms with Gasteiger partial charge in [-0.3, -0.25) is 0 Å². The summed E-state index contributed by atoms with van der Waals surface area (Å²) in [5, 5.41) is 3.55. The largest absolute Gasteiger partial charge is 0.493 e. The van der Waals surface area contributed by atoms with Crippen molar-refractivity contribution < 1.29 is 9.47 Å². The number of benzene rings is 2. The Balaban J connectivity index is 2.11. The van der Waals surface area contributed by atoms with Gasteiger partial charge in [-0.1, -0.05) is 36.4 Å². The molecule has 0 aromatic heterocycles. The molecule has 0 fully saturated rings. The monoisotopic (exact) mass is 285 g/mol. The van der Waals surface area contributed by atoms with Crippen molar-refractivity contribution in [1.29, 1.82) is 0 Å². The minimum atomic E-state index is 0.280. The van der Waals surface area contributed by atoms with Gasteiger partial charge in [0, 0.05) is 18.2 Å². The minimum absolute atomic E-state index is 0.280. The predicted molar refractivity (Wildman–Crippen MR) is 86.0 cm³/mol. The fraction of sp³-hybridized carbons (Fsp3) is 0.333. The van der Waals surface area contributed by atoms with E-state index < -0.39 is 0 Å². The van der Waals surface area contributed by atoms with Gasteiger partial charge in [-0.05, 0) is 31.0 Å². The van der Waals surface area contributed by atoms with Crippen molar-refractivity contribution in [1.82, 2.24) is 5.32 Å². The molecule has 0 radical (unpaired) electrons. The second-order valence-electron chi connectivity index (χ2n) is 5.11. The van der Waals surface area contributed by atoms with Crippen LogP contribution >= 0.6 is 0 Å². The molecule has 3 heteroatoms. The van der Waals surface area contributed by atoms with Crippen LogP contribution < -0.4 is 14.8 Å². The van der Waals surface area contributed by atoms with Gasteiger partial charge in [0.1, 0.15) is 0 Å². The van der Waals surface area contributed by atoms with Crippen LogP contribution in [0.2, 0.25) is 0 Å². The van der Waals surface area contributed by atoms with Crippen molar-refractivity contribution in [3.05, 3.63) is 59.2 Å². The van der Waals surface area contributed by atoms with Gasteiger partial charge in [-0.25, -0.2) is 0 Å². The Labute approximate surface area is 126 Å². The number of methoxy groups -OCH3 is 2. The lowest BCUT2D eigenvalue weighted by Crippen LogP contribution is -2.19. The number of hydrogen-bond donors (Lipinski definition) is 1. The average molecular weight is 285 g/mol. The molecule has 0 bridgehead atoms. The van der Waals surface area contributed by atoms with E-state index >= 15 is 0 Å². The normalized spacial score (nSPS) is 12.0. The first-order chi connectivity index (χ1) is 10.2. The highest BCUT2D eigenvalue weighted by Crippen LogP contribution is 2.31. The summed E-state index contributed by atoms with van der Waals surface area (Å²) in [5.74, 6) is 1.56. The van der Waals surface area contributed by atoms with E-state index in [1.165, 1.54) is 11.1 Å². The summed E-state index contributed by atoms with van der Waals surface area (Å²) in [6.07, 6.45) is 0. The second-order valence-corrected chi connectivity index (χ2v) is 5.11. The van der Waals surface area contributed by atoms with E-state index in [0.29, 0.717) is 0 Å². The fourth-order valence-corrected chi connectivity index (χ4v) is 2.54. The summed E-state index contributed by atoms with van der Waals surface area (Å²) in [5.41, 5.74) is 3.71. The smallest absolute Gasteiger partial charge is 0.165 e. The third kappa shape index (κ3) is 3.56. The van der Waals surface area contributed by atoms with Crippen LogP contribution in [-0.2, 0) is 6.54 Å². The van der Waals surface area contributed by atoms with Crippen LogP contribution in [0.1, 0.15) is 29.7 Å². The molecule has 0 aliphatic heterocycles. The van der Waals surface area contributed by atoms with Crippen LogP contribution in [0, 0.1) is 6.92 Å². The van der Waals surface area contributed by atoms with Crippen LogP contribution in [0.25, 0.3) is 0 Å². The van der Waals surface area contributed by atoms with E-state index in [0.717, 1.165) is 23.6 Å². The van der Waals surface area contributed by atoms with Crippen molar-refractivity contribution in [2.75, 3.05) is 14.2 Å². The zero-order valence-corrected chi connectivity index (χ0v) is 13.1. The van der Waals surface area contributed by atoms with Crippen LogP contribution in [0.5, 0.6) is 11.5 Å². The van der Waals surface area contributed by atoms with Gasteiger partial charge in [0.05, 0.1) is 14.2 Å². The molecule has 0 saturated heterocycles. The Morgan fingerprint density at radius 1 is 1.00 bits per heavy atom. The fourth-order valence-electron chi connectivity index (χ4n) is 2.54. The Morgan fingerprint density at radius 3 is 2.43 bits per heavy atom. The Hall–Kier alpha value is -2.00. The second kappa shape index (κ2) is 7.14. The maximum absolute atomic E-state index is 5.46. The van der Waals surface area contributed by atoms with E-state index in [9.17, 15) is 0 Å². The van der Waals surface area contributed by atoms with Crippen LogP contribution in [0.15, 0.2) is 42.5 Å². The van der Waals surface area contributed by atoms with Gasteiger partial charge in [0.15, 0.2) is 11.5 Å². The molecule has 2 rings (SSSR count). The number of hydrogen-bond acceptors (Lipinski definition) is 3. The van der Waals surface area contributed by atoms with Crippen LogP contribution in [0.4, 0.5) is 0 Å². The van der Waals surface area contributed by atoms with Gasteiger partial charge >= 0.3 is 0 Å². The molecular weight excluding hydrogens is 262 g/mol. The van der Waals surface area contributed by atoms with Crippen molar-refractivity contribution in [3.8, 4) is 11.5 Å². The zero-order chi connectivity index (χ0) is 15.2. The topological polar surface area (TPSA) is 30.5 Å². The highest BCUT2D eigenvalue weighted by Gasteiger charge is 2.12. The number of rotatable bonds is 6. The molecule has 21 heavy (non-hydrogen) atoms. The van der Waals surface area contributed by atoms with E-state index in [1.54, 1.807) is 14.2 Å². The minimum Gasteiger partial charge on any atom is -0.493 e.